The molecule has 1 amide bonds. The molecular formula is C17H26N2O5S. The van der Waals surface area contributed by atoms with E-state index < -0.39 is 16.1 Å². The van der Waals surface area contributed by atoms with Gasteiger partial charge in [0.2, 0.25) is 10.0 Å². The van der Waals surface area contributed by atoms with Crippen molar-refractivity contribution in [2.75, 3.05) is 32.8 Å². The average molecular weight is 370 g/mol. The largest absolute Gasteiger partial charge is 0.481 e. The number of benzene rings is 1. The summed E-state index contributed by atoms with van der Waals surface area (Å²) in [5.74, 6) is 0.364. The molecule has 1 fully saturated rings. The van der Waals surface area contributed by atoms with Gasteiger partial charge in [-0.3, -0.25) is 4.79 Å². The van der Waals surface area contributed by atoms with E-state index >= 15 is 0 Å². The lowest BCUT2D eigenvalue weighted by molar-refractivity contribution is -0.142. The van der Waals surface area contributed by atoms with Crippen molar-refractivity contribution in [3.05, 3.63) is 24.3 Å². The number of carbonyl (C=O) groups is 1. The fraction of sp³-hybridized carbons (Fsp3) is 0.588. The Morgan fingerprint density at radius 3 is 2.52 bits per heavy atom. The van der Waals surface area contributed by atoms with Crippen LogP contribution in [0.5, 0.6) is 5.75 Å². The second-order valence-corrected chi connectivity index (χ2v) is 7.69. The molecule has 1 N–H and O–H groups in total. The van der Waals surface area contributed by atoms with Crippen molar-refractivity contribution in [1.29, 1.82) is 0 Å². The molecule has 1 aliphatic rings. The maximum atomic E-state index is 12.3. The first-order valence-corrected chi connectivity index (χ1v) is 10.1. The Bertz CT molecular complexity index is 654. The van der Waals surface area contributed by atoms with Gasteiger partial charge in [0.1, 0.15) is 5.75 Å². The van der Waals surface area contributed by atoms with E-state index in [2.05, 4.69) is 4.72 Å². The Hall–Kier alpha value is -1.64. The summed E-state index contributed by atoms with van der Waals surface area (Å²) in [5.41, 5.74) is 0. The molecule has 0 aliphatic carbocycles. The minimum absolute atomic E-state index is 0.0961. The molecule has 2 rings (SSSR count). The number of ether oxygens (including phenoxy) is 2. The summed E-state index contributed by atoms with van der Waals surface area (Å²) >= 11 is 0. The Balaban J connectivity index is 1.94. The molecule has 1 saturated heterocycles. The molecule has 0 unspecified atom stereocenters. The molecule has 1 aromatic carbocycles. The van der Waals surface area contributed by atoms with Crippen molar-refractivity contribution < 1.29 is 22.7 Å². The number of morpholine rings is 1. The molecule has 0 spiro atoms. The van der Waals surface area contributed by atoms with Crippen molar-refractivity contribution in [3.63, 3.8) is 0 Å². The molecular weight excluding hydrogens is 344 g/mol. The average Bonchev–Trinajstić information content (AvgIpc) is 2.62. The molecule has 1 heterocycles. The molecule has 1 atom stereocenters. The molecule has 0 bridgehead atoms. The molecule has 0 radical (unpaired) electrons. The normalized spacial score (nSPS) is 16.5. The van der Waals surface area contributed by atoms with E-state index in [1.165, 1.54) is 12.1 Å². The summed E-state index contributed by atoms with van der Waals surface area (Å²) in [4.78, 5) is 14.2. The Morgan fingerprint density at radius 1 is 1.28 bits per heavy atom. The zero-order chi connectivity index (χ0) is 18.3. The van der Waals surface area contributed by atoms with Crippen LogP contribution in [0.3, 0.4) is 0 Å². The van der Waals surface area contributed by atoms with E-state index in [-0.39, 0.29) is 10.8 Å². The maximum absolute atomic E-state index is 12.3. The topological polar surface area (TPSA) is 84.9 Å². The molecule has 8 heteroatoms. The third-order valence-corrected chi connectivity index (χ3v) is 5.42. The second kappa shape index (κ2) is 9.17. The van der Waals surface area contributed by atoms with Crippen LogP contribution in [0.25, 0.3) is 0 Å². The van der Waals surface area contributed by atoms with Crippen molar-refractivity contribution in [2.45, 2.75) is 37.7 Å². The van der Waals surface area contributed by atoms with Gasteiger partial charge in [-0.1, -0.05) is 13.3 Å². The van der Waals surface area contributed by atoms with Crippen LogP contribution >= 0.6 is 0 Å². The molecule has 140 valence electrons. The molecule has 7 nitrogen and oxygen atoms in total. The maximum Gasteiger partial charge on any atom is 0.263 e. The second-order valence-electron chi connectivity index (χ2n) is 5.92. The van der Waals surface area contributed by atoms with Gasteiger partial charge in [0.25, 0.3) is 5.91 Å². The number of nitrogens with one attached hydrogen (secondary N) is 1. The summed E-state index contributed by atoms with van der Waals surface area (Å²) in [7, 11) is -3.51. The van der Waals surface area contributed by atoms with Crippen molar-refractivity contribution in [2.24, 2.45) is 0 Å². The van der Waals surface area contributed by atoms with E-state index in [1.807, 2.05) is 6.92 Å². The molecule has 0 aromatic heterocycles. The van der Waals surface area contributed by atoms with Gasteiger partial charge >= 0.3 is 0 Å². The van der Waals surface area contributed by atoms with Gasteiger partial charge in [-0.2, -0.15) is 0 Å². The van der Waals surface area contributed by atoms with E-state index in [9.17, 15) is 13.2 Å². The lowest BCUT2D eigenvalue weighted by Gasteiger charge is -2.29. The fourth-order valence-electron chi connectivity index (χ4n) is 2.46. The summed E-state index contributed by atoms with van der Waals surface area (Å²) in [6, 6.07) is 6.10. The number of sulfonamides is 1. The highest BCUT2D eigenvalue weighted by Gasteiger charge is 2.24. The van der Waals surface area contributed by atoms with Gasteiger partial charge in [-0.15, -0.1) is 0 Å². The number of nitrogens with zero attached hydrogens (tertiary/aromatic N) is 1. The Morgan fingerprint density at radius 2 is 1.92 bits per heavy atom. The van der Waals surface area contributed by atoms with Crippen molar-refractivity contribution in [3.8, 4) is 5.75 Å². The van der Waals surface area contributed by atoms with Gasteiger partial charge < -0.3 is 14.4 Å². The van der Waals surface area contributed by atoms with Crippen LogP contribution in [0.4, 0.5) is 0 Å². The quantitative estimate of drug-likeness (QED) is 0.699. The number of carbonyl (C=O) groups excluding carboxylic acids is 1. The van der Waals surface area contributed by atoms with Crippen molar-refractivity contribution >= 4 is 15.9 Å². The molecule has 1 aliphatic heterocycles. The summed E-state index contributed by atoms with van der Waals surface area (Å²) < 4.78 is 37.7. The third kappa shape index (κ3) is 5.69. The molecule has 1 aromatic rings. The number of hydrogen-bond donors (Lipinski definition) is 1. The predicted octanol–water partition coefficient (Wildman–Crippen LogP) is 1.39. The zero-order valence-electron chi connectivity index (χ0n) is 14.7. The lowest BCUT2D eigenvalue weighted by Crippen LogP contribution is -2.46. The first-order chi connectivity index (χ1) is 11.9. The van der Waals surface area contributed by atoms with Crippen LogP contribution in [0.1, 0.15) is 26.7 Å². The van der Waals surface area contributed by atoms with E-state index in [0.29, 0.717) is 38.6 Å². The predicted molar refractivity (Wildman–Crippen MR) is 94.0 cm³/mol. The number of rotatable bonds is 8. The highest BCUT2D eigenvalue weighted by atomic mass is 32.2. The van der Waals surface area contributed by atoms with E-state index in [4.69, 9.17) is 9.47 Å². The molecule has 0 saturated carbocycles. The van der Waals surface area contributed by atoms with Crippen molar-refractivity contribution in [1.82, 2.24) is 9.62 Å². The monoisotopic (exact) mass is 370 g/mol. The van der Waals surface area contributed by atoms with Gasteiger partial charge in [0.05, 0.1) is 18.1 Å². The Labute approximate surface area is 149 Å². The lowest BCUT2D eigenvalue weighted by atomic mass is 10.3. The number of hydrogen-bond acceptors (Lipinski definition) is 5. The fourth-order valence-corrected chi connectivity index (χ4v) is 3.53. The first-order valence-electron chi connectivity index (χ1n) is 8.57. The van der Waals surface area contributed by atoms with E-state index in [1.54, 1.807) is 24.0 Å². The van der Waals surface area contributed by atoms with Gasteiger partial charge in [-0.25, -0.2) is 13.1 Å². The van der Waals surface area contributed by atoms with Crippen LogP contribution in [-0.4, -0.2) is 58.2 Å². The van der Waals surface area contributed by atoms with Crippen LogP contribution in [0.2, 0.25) is 0 Å². The minimum Gasteiger partial charge on any atom is -0.481 e. The summed E-state index contributed by atoms with van der Waals surface area (Å²) in [5, 5.41) is 0. The van der Waals surface area contributed by atoms with Crippen LogP contribution in [-0.2, 0) is 19.6 Å². The zero-order valence-corrected chi connectivity index (χ0v) is 15.5. The summed E-state index contributed by atoms with van der Waals surface area (Å²) in [6.45, 7) is 6.31. The smallest absolute Gasteiger partial charge is 0.263 e. The summed E-state index contributed by atoms with van der Waals surface area (Å²) in [6.07, 6.45) is 1.08. The van der Waals surface area contributed by atoms with Gasteiger partial charge in [0, 0.05) is 19.6 Å². The first kappa shape index (κ1) is 19.7. The number of amides is 1. The third-order valence-electron chi connectivity index (χ3n) is 3.94. The standard InChI is InChI=1S/C17H26N2O5S/c1-3-4-9-18-25(21,22)16-7-5-15(6-8-16)24-14(2)17(20)19-10-12-23-13-11-19/h5-8,14,18H,3-4,9-13H2,1-2H3/t14-/m1/s1. The van der Waals surface area contributed by atoms with Gasteiger partial charge in [-0.05, 0) is 37.6 Å². The highest BCUT2D eigenvalue weighted by Crippen LogP contribution is 2.18. The molecule has 25 heavy (non-hydrogen) atoms. The van der Waals surface area contributed by atoms with Crippen LogP contribution in [0, 0.1) is 0 Å². The SMILES string of the molecule is CCCCNS(=O)(=O)c1ccc(O[C@H](C)C(=O)N2CCOCC2)cc1. The highest BCUT2D eigenvalue weighted by molar-refractivity contribution is 7.89. The number of unbranched alkanes of at least 4 members (excludes halogenated alkanes) is 1. The van der Waals surface area contributed by atoms with E-state index in [0.717, 1.165) is 12.8 Å². The van der Waals surface area contributed by atoms with Crippen LogP contribution < -0.4 is 9.46 Å². The van der Waals surface area contributed by atoms with Crippen LogP contribution in [0.15, 0.2) is 29.2 Å². The Kier molecular flexibility index (Phi) is 7.22. The van der Waals surface area contributed by atoms with Gasteiger partial charge in [0.15, 0.2) is 6.10 Å². The minimum atomic E-state index is -3.51.